The Morgan fingerprint density at radius 3 is 2.70 bits per heavy atom. The summed E-state index contributed by atoms with van der Waals surface area (Å²) in [5.74, 6) is -0.238. The lowest BCUT2D eigenvalue weighted by molar-refractivity contribution is -0.117. The number of nitrogens with one attached hydrogen (secondary N) is 1. The van der Waals surface area contributed by atoms with Crippen molar-refractivity contribution in [3.8, 4) is 0 Å². The van der Waals surface area contributed by atoms with Crippen LogP contribution >= 0.6 is 11.3 Å². The molecule has 0 aliphatic carbocycles. The number of benzene rings is 1. The fourth-order valence-electron chi connectivity index (χ4n) is 2.73. The van der Waals surface area contributed by atoms with Gasteiger partial charge in [0.1, 0.15) is 5.82 Å². The fraction of sp³-hybridized carbons (Fsp3) is 0.412. The van der Waals surface area contributed by atoms with E-state index in [1.807, 2.05) is 0 Å². The highest BCUT2D eigenvalue weighted by Crippen LogP contribution is 2.21. The predicted octanol–water partition coefficient (Wildman–Crippen LogP) is 3.30. The van der Waals surface area contributed by atoms with Gasteiger partial charge in [-0.3, -0.25) is 9.69 Å². The lowest BCUT2D eigenvalue weighted by atomic mass is 10.1. The number of hydrogen-bond acceptors (Lipinski definition) is 4. The first-order chi connectivity index (χ1) is 11.2. The van der Waals surface area contributed by atoms with E-state index in [0.29, 0.717) is 18.1 Å². The van der Waals surface area contributed by atoms with Crippen LogP contribution in [0.4, 0.5) is 9.52 Å². The number of aromatic nitrogens is 1. The highest BCUT2D eigenvalue weighted by Gasteiger charge is 2.14. The van der Waals surface area contributed by atoms with Crippen molar-refractivity contribution < 1.29 is 9.18 Å². The third-order valence-electron chi connectivity index (χ3n) is 3.91. The topological polar surface area (TPSA) is 45.2 Å². The molecule has 1 aromatic carbocycles. The van der Waals surface area contributed by atoms with E-state index < -0.39 is 0 Å². The summed E-state index contributed by atoms with van der Waals surface area (Å²) in [4.78, 5) is 19.5. The maximum atomic E-state index is 12.9. The van der Waals surface area contributed by atoms with Crippen molar-refractivity contribution in [2.45, 2.75) is 25.7 Å². The summed E-state index contributed by atoms with van der Waals surface area (Å²) in [5.41, 5.74) is 1.03. The van der Waals surface area contributed by atoms with Gasteiger partial charge in [-0.2, -0.15) is 0 Å². The smallest absolute Gasteiger partial charge is 0.240 e. The van der Waals surface area contributed by atoms with Crippen LogP contribution in [-0.4, -0.2) is 35.4 Å². The van der Waals surface area contributed by atoms with E-state index in [0.717, 1.165) is 23.5 Å². The molecule has 0 spiro atoms. The molecule has 2 aromatic rings. The summed E-state index contributed by atoms with van der Waals surface area (Å²) < 4.78 is 12.9. The minimum Gasteiger partial charge on any atom is -0.301 e. The van der Waals surface area contributed by atoms with Crippen LogP contribution in [0.25, 0.3) is 0 Å². The van der Waals surface area contributed by atoms with Gasteiger partial charge >= 0.3 is 0 Å². The summed E-state index contributed by atoms with van der Waals surface area (Å²) >= 11 is 1.47. The number of anilines is 1. The van der Waals surface area contributed by atoms with Crippen LogP contribution in [0.5, 0.6) is 0 Å². The lowest BCUT2D eigenvalue weighted by Crippen LogP contribution is -2.36. The molecule has 1 aromatic heterocycles. The van der Waals surface area contributed by atoms with Gasteiger partial charge in [-0.05, 0) is 43.6 Å². The largest absolute Gasteiger partial charge is 0.301 e. The Balaban J connectivity index is 1.52. The summed E-state index contributed by atoms with van der Waals surface area (Å²) in [7, 11) is 0. The van der Waals surface area contributed by atoms with Crippen LogP contribution in [-0.2, 0) is 11.2 Å². The monoisotopic (exact) mass is 333 g/mol. The number of likely N-dealkylation sites (tertiary alicyclic amines) is 1. The van der Waals surface area contributed by atoms with E-state index in [-0.39, 0.29) is 11.7 Å². The fourth-order valence-corrected chi connectivity index (χ4v) is 3.59. The van der Waals surface area contributed by atoms with Gasteiger partial charge in [0.25, 0.3) is 0 Å². The van der Waals surface area contributed by atoms with Crippen LogP contribution in [0.1, 0.15) is 29.7 Å². The van der Waals surface area contributed by atoms with E-state index in [1.165, 1.54) is 42.7 Å². The molecule has 2 heterocycles. The maximum Gasteiger partial charge on any atom is 0.240 e. The average Bonchev–Trinajstić information content (AvgIpc) is 2.97. The van der Waals surface area contributed by atoms with Crippen LogP contribution in [0.15, 0.2) is 30.5 Å². The van der Waals surface area contributed by atoms with Crippen LogP contribution in [0.2, 0.25) is 0 Å². The molecule has 0 saturated carbocycles. The molecule has 1 N–H and O–H groups in total. The molecule has 1 saturated heterocycles. The molecule has 4 nitrogen and oxygen atoms in total. The predicted molar refractivity (Wildman–Crippen MR) is 90.2 cm³/mol. The van der Waals surface area contributed by atoms with Gasteiger partial charge < -0.3 is 5.32 Å². The number of piperidine rings is 1. The van der Waals surface area contributed by atoms with Gasteiger partial charge in [0.05, 0.1) is 6.54 Å². The number of thiazole rings is 1. The first-order valence-corrected chi connectivity index (χ1v) is 8.72. The number of carbonyl (C=O) groups is 1. The number of amides is 1. The van der Waals surface area contributed by atoms with Crippen molar-refractivity contribution in [3.05, 3.63) is 46.7 Å². The van der Waals surface area contributed by atoms with Crippen molar-refractivity contribution in [1.29, 1.82) is 0 Å². The van der Waals surface area contributed by atoms with E-state index in [1.54, 1.807) is 18.3 Å². The van der Waals surface area contributed by atoms with Gasteiger partial charge in [-0.1, -0.05) is 18.6 Å². The summed E-state index contributed by atoms with van der Waals surface area (Å²) in [6.07, 6.45) is 6.07. The quantitative estimate of drug-likeness (QED) is 0.913. The Kier molecular flexibility index (Phi) is 5.35. The number of carbonyl (C=O) groups excluding carboxylic acids is 1. The SMILES string of the molecule is O=C(CN1CCCCC1)Nc1ncc(Cc2ccc(F)cc2)s1. The average molecular weight is 333 g/mol. The number of halogens is 1. The van der Waals surface area contributed by atoms with Crippen LogP contribution in [0.3, 0.4) is 0 Å². The highest BCUT2D eigenvalue weighted by atomic mass is 32.1. The minimum absolute atomic E-state index is 0.00502. The molecule has 23 heavy (non-hydrogen) atoms. The van der Waals surface area contributed by atoms with Crippen molar-refractivity contribution in [2.24, 2.45) is 0 Å². The standard InChI is InChI=1S/C17H20FN3OS/c18-14-6-4-13(5-7-14)10-15-11-19-17(23-15)20-16(22)12-21-8-2-1-3-9-21/h4-7,11H,1-3,8-10,12H2,(H,19,20,22). The Labute approximate surface area is 139 Å². The molecule has 0 bridgehead atoms. The van der Waals surface area contributed by atoms with Crippen LogP contribution < -0.4 is 5.32 Å². The summed E-state index contributed by atoms with van der Waals surface area (Å²) in [5, 5.41) is 3.50. The Morgan fingerprint density at radius 2 is 1.96 bits per heavy atom. The number of hydrogen-bond donors (Lipinski definition) is 1. The molecule has 0 atom stereocenters. The molecule has 0 unspecified atom stereocenters. The van der Waals surface area contributed by atoms with Crippen molar-refractivity contribution in [3.63, 3.8) is 0 Å². The lowest BCUT2D eigenvalue weighted by Gasteiger charge is -2.25. The maximum absolute atomic E-state index is 12.9. The van der Waals surface area contributed by atoms with Gasteiger partial charge in [0, 0.05) is 17.5 Å². The number of nitrogens with zero attached hydrogens (tertiary/aromatic N) is 2. The molecule has 1 aliphatic heterocycles. The molecule has 0 radical (unpaired) electrons. The minimum atomic E-state index is -0.233. The summed E-state index contributed by atoms with van der Waals surface area (Å²) in [6, 6.07) is 6.45. The zero-order chi connectivity index (χ0) is 16.1. The van der Waals surface area contributed by atoms with Gasteiger partial charge in [-0.25, -0.2) is 9.37 Å². The third kappa shape index (κ3) is 4.84. The molecule has 6 heteroatoms. The van der Waals surface area contributed by atoms with Crippen molar-refractivity contribution in [1.82, 2.24) is 9.88 Å². The van der Waals surface area contributed by atoms with Crippen LogP contribution in [0, 0.1) is 5.82 Å². The van der Waals surface area contributed by atoms with Gasteiger partial charge in [0.15, 0.2) is 5.13 Å². The van der Waals surface area contributed by atoms with E-state index in [2.05, 4.69) is 15.2 Å². The zero-order valence-electron chi connectivity index (χ0n) is 12.9. The van der Waals surface area contributed by atoms with Crippen molar-refractivity contribution >= 4 is 22.4 Å². The normalized spacial score (nSPS) is 15.5. The Bertz CT molecular complexity index is 650. The van der Waals surface area contributed by atoms with E-state index >= 15 is 0 Å². The molecule has 3 rings (SSSR count). The second-order valence-corrected chi connectivity index (χ2v) is 6.94. The molecular formula is C17H20FN3OS. The molecule has 1 fully saturated rings. The molecular weight excluding hydrogens is 313 g/mol. The van der Waals surface area contributed by atoms with E-state index in [4.69, 9.17) is 0 Å². The van der Waals surface area contributed by atoms with E-state index in [9.17, 15) is 9.18 Å². The molecule has 1 aliphatic rings. The first-order valence-electron chi connectivity index (χ1n) is 7.90. The second-order valence-electron chi connectivity index (χ2n) is 5.82. The Hall–Kier alpha value is -1.79. The van der Waals surface area contributed by atoms with Crippen molar-refractivity contribution in [2.75, 3.05) is 25.0 Å². The second kappa shape index (κ2) is 7.66. The molecule has 1 amide bonds. The highest BCUT2D eigenvalue weighted by molar-refractivity contribution is 7.15. The van der Waals surface area contributed by atoms with Gasteiger partial charge in [-0.15, -0.1) is 11.3 Å². The Morgan fingerprint density at radius 1 is 1.22 bits per heavy atom. The third-order valence-corrected chi connectivity index (χ3v) is 4.82. The number of rotatable bonds is 5. The van der Waals surface area contributed by atoms with Gasteiger partial charge in [0.2, 0.25) is 5.91 Å². The first kappa shape index (κ1) is 16.1. The molecule has 122 valence electrons. The zero-order valence-corrected chi connectivity index (χ0v) is 13.7. The summed E-state index contributed by atoms with van der Waals surface area (Å²) in [6.45, 7) is 2.44.